The molecule has 0 bridgehead atoms. The zero-order valence-corrected chi connectivity index (χ0v) is 9.13. The molecule has 4 heteroatoms. The van der Waals surface area contributed by atoms with Gasteiger partial charge in [0.1, 0.15) is 0 Å². The topological polar surface area (TPSA) is 39.2 Å². The zero-order valence-electron chi connectivity index (χ0n) is 8.32. The second-order valence-electron chi connectivity index (χ2n) is 2.67. The van der Waals surface area contributed by atoms with E-state index in [1.54, 1.807) is 24.0 Å². The van der Waals surface area contributed by atoms with Crippen molar-refractivity contribution in [2.45, 2.75) is 12.7 Å². The predicted molar refractivity (Wildman–Crippen MR) is 57.4 cm³/mol. The van der Waals surface area contributed by atoms with Crippen LogP contribution in [0, 0.1) is 0 Å². The minimum atomic E-state index is -0.341. The van der Waals surface area contributed by atoms with Crippen LogP contribution in [0.25, 0.3) is 0 Å². The Morgan fingerprint density at radius 2 is 2.36 bits per heavy atom. The van der Waals surface area contributed by atoms with E-state index in [-0.39, 0.29) is 5.97 Å². The van der Waals surface area contributed by atoms with E-state index in [1.807, 2.05) is 6.07 Å². The molecule has 0 saturated heterocycles. The fraction of sp³-hybridized carbons (Fsp3) is 0.400. The molecule has 76 valence electrons. The second-order valence-corrected chi connectivity index (χ2v) is 3.94. The van der Waals surface area contributed by atoms with Gasteiger partial charge in [-0.15, -0.1) is 0 Å². The number of hydrogen-bond acceptors (Lipinski definition) is 4. The maximum Gasteiger partial charge on any atom is 0.339 e. The van der Waals surface area contributed by atoms with Crippen LogP contribution in [0.15, 0.2) is 18.3 Å². The molecule has 0 atom stereocenters. The normalized spacial score (nSPS) is 9.86. The van der Waals surface area contributed by atoms with E-state index in [1.165, 1.54) is 7.11 Å². The van der Waals surface area contributed by atoms with Crippen molar-refractivity contribution < 1.29 is 9.53 Å². The summed E-state index contributed by atoms with van der Waals surface area (Å²) in [5, 5.41) is 0. The summed E-state index contributed by atoms with van der Waals surface area (Å²) in [7, 11) is 1.36. The molecular formula is C10H13NO2S. The largest absolute Gasteiger partial charge is 0.465 e. The van der Waals surface area contributed by atoms with E-state index in [9.17, 15) is 4.79 Å². The molecule has 0 saturated carbocycles. The highest BCUT2D eigenvalue weighted by molar-refractivity contribution is 7.98. The molecule has 0 radical (unpaired) electrons. The number of nitrogens with zero attached hydrogens (tertiary/aromatic N) is 1. The van der Waals surface area contributed by atoms with E-state index in [0.29, 0.717) is 5.56 Å². The summed E-state index contributed by atoms with van der Waals surface area (Å²) in [6.07, 6.45) is 1.55. The first-order chi connectivity index (χ1) is 6.77. The third kappa shape index (κ3) is 3.03. The van der Waals surface area contributed by atoms with Crippen LogP contribution in [0.1, 0.15) is 23.0 Å². The summed E-state index contributed by atoms with van der Waals surface area (Å²) in [5.74, 6) is 1.62. The fourth-order valence-corrected chi connectivity index (χ4v) is 1.54. The van der Waals surface area contributed by atoms with Gasteiger partial charge in [-0.2, -0.15) is 11.8 Å². The molecular weight excluding hydrogens is 198 g/mol. The van der Waals surface area contributed by atoms with Gasteiger partial charge in [-0.3, -0.25) is 4.98 Å². The highest BCUT2D eigenvalue weighted by Crippen LogP contribution is 2.10. The van der Waals surface area contributed by atoms with Crippen LogP contribution >= 0.6 is 11.8 Å². The van der Waals surface area contributed by atoms with Crippen LogP contribution < -0.4 is 0 Å². The Balaban J connectivity index is 2.63. The molecule has 0 spiro atoms. The molecule has 1 rings (SSSR count). The maximum absolute atomic E-state index is 11.1. The van der Waals surface area contributed by atoms with Gasteiger partial charge in [0.05, 0.1) is 18.4 Å². The summed E-state index contributed by atoms with van der Waals surface area (Å²) in [6.45, 7) is 2.10. The van der Waals surface area contributed by atoms with E-state index in [0.717, 1.165) is 17.2 Å². The Labute approximate surface area is 87.9 Å². The lowest BCUT2D eigenvalue weighted by Gasteiger charge is -2.00. The van der Waals surface area contributed by atoms with Crippen molar-refractivity contribution in [3.8, 4) is 0 Å². The first-order valence-electron chi connectivity index (χ1n) is 4.39. The molecule has 0 aliphatic heterocycles. The lowest BCUT2D eigenvalue weighted by molar-refractivity contribution is 0.0600. The molecule has 0 aliphatic carbocycles. The van der Waals surface area contributed by atoms with E-state index in [2.05, 4.69) is 16.6 Å². The Bertz CT molecular complexity index is 297. The molecule has 0 unspecified atom stereocenters. The number of carbonyl (C=O) groups excluding carboxylic acids is 1. The Morgan fingerprint density at radius 1 is 1.57 bits per heavy atom. The monoisotopic (exact) mass is 211 g/mol. The summed E-state index contributed by atoms with van der Waals surface area (Å²) in [6, 6.07) is 3.60. The van der Waals surface area contributed by atoms with Gasteiger partial charge in [0.25, 0.3) is 0 Å². The third-order valence-corrected chi connectivity index (χ3v) is 2.61. The average molecular weight is 211 g/mol. The van der Waals surface area contributed by atoms with E-state index < -0.39 is 0 Å². The molecule has 0 aliphatic rings. The summed E-state index contributed by atoms with van der Waals surface area (Å²) in [4.78, 5) is 15.2. The molecule has 0 N–H and O–H groups in total. The summed E-state index contributed by atoms with van der Waals surface area (Å²) >= 11 is 1.80. The first-order valence-corrected chi connectivity index (χ1v) is 5.54. The third-order valence-electron chi connectivity index (χ3n) is 1.70. The van der Waals surface area contributed by atoms with Crippen LogP contribution in [0.3, 0.4) is 0 Å². The smallest absolute Gasteiger partial charge is 0.339 e. The van der Waals surface area contributed by atoms with Gasteiger partial charge < -0.3 is 4.74 Å². The van der Waals surface area contributed by atoms with E-state index >= 15 is 0 Å². The molecule has 14 heavy (non-hydrogen) atoms. The van der Waals surface area contributed by atoms with Gasteiger partial charge in [0.2, 0.25) is 0 Å². The van der Waals surface area contributed by atoms with Crippen LogP contribution in [0.4, 0.5) is 0 Å². The maximum atomic E-state index is 11.1. The van der Waals surface area contributed by atoms with Crippen molar-refractivity contribution in [1.82, 2.24) is 4.98 Å². The highest BCUT2D eigenvalue weighted by atomic mass is 32.2. The van der Waals surface area contributed by atoms with Gasteiger partial charge in [-0.25, -0.2) is 4.79 Å². The number of ether oxygens (including phenoxy) is 1. The van der Waals surface area contributed by atoms with Crippen LogP contribution in [0.2, 0.25) is 0 Å². The Hall–Kier alpha value is -1.03. The Kier molecular flexibility index (Phi) is 4.46. The van der Waals surface area contributed by atoms with Crippen LogP contribution in [-0.4, -0.2) is 23.8 Å². The molecule has 1 aromatic heterocycles. The van der Waals surface area contributed by atoms with Crippen molar-refractivity contribution in [2.24, 2.45) is 0 Å². The fourth-order valence-electron chi connectivity index (χ4n) is 0.955. The molecule has 0 aromatic carbocycles. The van der Waals surface area contributed by atoms with Gasteiger partial charge in [-0.1, -0.05) is 6.92 Å². The summed E-state index contributed by atoms with van der Waals surface area (Å²) < 4.78 is 4.57. The van der Waals surface area contributed by atoms with Gasteiger partial charge in [0.15, 0.2) is 0 Å². The van der Waals surface area contributed by atoms with Crippen molar-refractivity contribution >= 4 is 17.7 Å². The number of esters is 1. The minimum Gasteiger partial charge on any atom is -0.465 e. The number of pyridine rings is 1. The lowest BCUT2D eigenvalue weighted by atomic mass is 10.2. The van der Waals surface area contributed by atoms with Crippen molar-refractivity contribution in [3.05, 3.63) is 29.6 Å². The number of hydrogen-bond donors (Lipinski definition) is 0. The van der Waals surface area contributed by atoms with E-state index in [4.69, 9.17) is 0 Å². The Morgan fingerprint density at radius 3 is 2.86 bits per heavy atom. The molecule has 1 heterocycles. The number of rotatable bonds is 4. The second kappa shape index (κ2) is 5.65. The SMILES string of the molecule is CCSCc1ccc(C(=O)OC)cn1. The van der Waals surface area contributed by atoms with Gasteiger partial charge in [-0.05, 0) is 17.9 Å². The summed E-state index contributed by atoms with van der Waals surface area (Å²) in [5.41, 5.74) is 1.49. The standard InChI is InChI=1S/C10H13NO2S/c1-3-14-7-9-5-4-8(6-11-9)10(12)13-2/h4-6H,3,7H2,1-2H3. The number of carbonyl (C=O) groups is 1. The molecule has 0 fully saturated rings. The minimum absolute atomic E-state index is 0.341. The van der Waals surface area contributed by atoms with Gasteiger partial charge >= 0.3 is 5.97 Å². The van der Waals surface area contributed by atoms with Gasteiger partial charge in [0, 0.05) is 11.9 Å². The number of thioether (sulfide) groups is 1. The quantitative estimate of drug-likeness (QED) is 0.715. The van der Waals surface area contributed by atoms with Crippen LogP contribution in [0.5, 0.6) is 0 Å². The van der Waals surface area contributed by atoms with Crippen LogP contribution in [-0.2, 0) is 10.5 Å². The zero-order chi connectivity index (χ0) is 10.4. The van der Waals surface area contributed by atoms with Crippen molar-refractivity contribution in [2.75, 3.05) is 12.9 Å². The lowest BCUT2D eigenvalue weighted by Crippen LogP contribution is -2.02. The van der Waals surface area contributed by atoms with Crippen molar-refractivity contribution in [3.63, 3.8) is 0 Å². The average Bonchev–Trinajstić information content (AvgIpc) is 2.26. The first kappa shape index (κ1) is 11.0. The predicted octanol–water partition coefficient (Wildman–Crippen LogP) is 2.12. The molecule has 3 nitrogen and oxygen atoms in total. The number of aromatic nitrogens is 1. The van der Waals surface area contributed by atoms with Crippen molar-refractivity contribution in [1.29, 1.82) is 0 Å². The number of methoxy groups -OCH3 is 1. The highest BCUT2D eigenvalue weighted by Gasteiger charge is 2.04. The molecule has 1 aromatic rings. The molecule has 0 amide bonds.